The quantitative estimate of drug-likeness (QED) is 0.188. The predicted molar refractivity (Wildman–Crippen MR) is 129 cm³/mol. The van der Waals surface area contributed by atoms with Crippen molar-refractivity contribution in [2.75, 3.05) is 12.4 Å². The molecule has 9 heteroatoms. The average molecular weight is 460 g/mol. The molecule has 2 aromatic carbocycles. The van der Waals surface area contributed by atoms with Crippen molar-refractivity contribution >= 4 is 34.8 Å². The normalized spacial score (nSPS) is 11.1. The minimum atomic E-state index is -0.314. The number of nitrogens with zero attached hydrogens (tertiary/aromatic N) is 4. The molecule has 0 saturated carbocycles. The number of carbonyl (C=O) groups excluding carboxylic acids is 1. The molecule has 0 aliphatic rings. The van der Waals surface area contributed by atoms with Gasteiger partial charge in [-0.15, -0.1) is 0 Å². The molecule has 8 nitrogen and oxygen atoms in total. The molecule has 1 N–H and O–H groups in total. The zero-order chi connectivity index (χ0) is 23.0. The third-order valence-electron chi connectivity index (χ3n) is 4.59. The lowest BCUT2D eigenvalue weighted by Crippen LogP contribution is -2.24. The maximum Gasteiger partial charge on any atom is 0.266 e. The fourth-order valence-corrected chi connectivity index (χ4v) is 3.89. The highest BCUT2D eigenvalue weighted by Crippen LogP contribution is 2.22. The third-order valence-corrected chi connectivity index (χ3v) is 5.53. The molecule has 4 rings (SSSR count). The number of rotatable bonds is 8. The molecule has 2 heterocycles. The summed E-state index contributed by atoms with van der Waals surface area (Å²) >= 11 is 1.16. The Morgan fingerprint density at radius 1 is 1.12 bits per heavy atom. The van der Waals surface area contributed by atoms with Gasteiger partial charge in [0.2, 0.25) is 0 Å². The second-order valence-corrected chi connectivity index (χ2v) is 7.78. The van der Waals surface area contributed by atoms with Crippen LogP contribution in [0, 0.1) is 0 Å². The number of ether oxygens (including phenoxy) is 1. The van der Waals surface area contributed by atoms with Crippen LogP contribution in [-0.4, -0.2) is 39.0 Å². The van der Waals surface area contributed by atoms with Crippen molar-refractivity contribution in [3.05, 3.63) is 89.0 Å². The van der Waals surface area contributed by atoms with Gasteiger partial charge in [-0.1, -0.05) is 23.9 Å². The number of carbonyl (C=O) groups is 1. The molecule has 33 heavy (non-hydrogen) atoms. The Kier molecular flexibility index (Phi) is 7.11. The smallest absolute Gasteiger partial charge is 0.266 e. The van der Waals surface area contributed by atoms with E-state index in [2.05, 4.69) is 20.5 Å². The maximum atomic E-state index is 13.3. The molecule has 0 aliphatic heterocycles. The van der Waals surface area contributed by atoms with Gasteiger partial charge >= 0.3 is 0 Å². The highest BCUT2D eigenvalue weighted by atomic mass is 32.2. The Hall–Kier alpha value is -3.98. The standard InChI is InChI=1S/C24H21N5O3S/c1-2-32-19-9-7-18(8-10-19)29-23(31)20-5-3-4-6-21(20)27-24(29)33-16-22(30)28-26-15-17-11-13-25-14-12-17/h3-15H,2,16H2,1H3,(H,28,30). The van der Waals surface area contributed by atoms with Crippen molar-refractivity contribution < 1.29 is 9.53 Å². The summed E-state index contributed by atoms with van der Waals surface area (Å²) in [4.78, 5) is 34.2. The van der Waals surface area contributed by atoms with Gasteiger partial charge in [0.25, 0.3) is 11.5 Å². The van der Waals surface area contributed by atoms with E-state index in [1.165, 1.54) is 10.8 Å². The highest BCUT2D eigenvalue weighted by Gasteiger charge is 2.15. The van der Waals surface area contributed by atoms with Crippen LogP contribution >= 0.6 is 11.8 Å². The summed E-state index contributed by atoms with van der Waals surface area (Å²) in [7, 11) is 0. The predicted octanol–water partition coefficient (Wildman–Crippen LogP) is 3.42. The van der Waals surface area contributed by atoms with E-state index in [1.807, 2.05) is 13.0 Å². The highest BCUT2D eigenvalue weighted by molar-refractivity contribution is 7.99. The first-order valence-corrected chi connectivity index (χ1v) is 11.2. The van der Waals surface area contributed by atoms with Crippen LogP contribution in [0.25, 0.3) is 16.6 Å². The first-order chi connectivity index (χ1) is 16.2. The van der Waals surface area contributed by atoms with Gasteiger partial charge in [0, 0.05) is 12.4 Å². The fourth-order valence-electron chi connectivity index (χ4n) is 3.09. The van der Waals surface area contributed by atoms with Gasteiger partial charge in [-0.2, -0.15) is 5.10 Å². The number of amides is 1. The van der Waals surface area contributed by atoms with Crippen molar-refractivity contribution in [3.63, 3.8) is 0 Å². The van der Waals surface area contributed by atoms with Gasteiger partial charge in [0.1, 0.15) is 5.75 Å². The zero-order valence-electron chi connectivity index (χ0n) is 17.8. The van der Waals surface area contributed by atoms with Crippen LogP contribution in [0.15, 0.2) is 88.1 Å². The Morgan fingerprint density at radius 3 is 2.64 bits per heavy atom. The number of benzene rings is 2. The summed E-state index contributed by atoms with van der Waals surface area (Å²) in [5.74, 6) is 0.435. The molecular weight excluding hydrogens is 438 g/mol. The first-order valence-electron chi connectivity index (χ1n) is 10.3. The molecule has 0 fully saturated rings. The molecule has 0 radical (unpaired) electrons. The average Bonchev–Trinajstić information content (AvgIpc) is 2.84. The van der Waals surface area contributed by atoms with E-state index in [-0.39, 0.29) is 17.2 Å². The second-order valence-electron chi connectivity index (χ2n) is 6.84. The van der Waals surface area contributed by atoms with E-state index >= 15 is 0 Å². The zero-order valence-corrected chi connectivity index (χ0v) is 18.7. The summed E-state index contributed by atoms with van der Waals surface area (Å²) < 4.78 is 7.01. The van der Waals surface area contributed by atoms with Gasteiger partial charge in [0.15, 0.2) is 5.16 Å². The molecule has 0 atom stereocenters. The summed E-state index contributed by atoms with van der Waals surface area (Å²) in [6.45, 7) is 2.46. The van der Waals surface area contributed by atoms with Crippen LogP contribution in [0.1, 0.15) is 12.5 Å². The largest absolute Gasteiger partial charge is 0.494 e. The molecule has 0 bridgehead atoms. The molecular formula is C24H21N5O3S. The Morgan fingerprint density at radius 2 is 1.88 bits per heavy atom. The summed E-state index contributed by atoms with van der Waals surface area (Å²) in [5, 5.41) is 4.88. The van der Waals surface area contributed by atoms with Crippen molar-refractivity contribution in [1.82, 2.24) is 20.0 Å². The van der Waals surface area contributed by atoms with Gasteiger partial charge in [0.05, 0.1) is 35.2 Å². The van der Waals surface area contributed by atoms with Crippen LogP contribution in [0.4, 0.5) is 0 Å². The lowest BCUT2D eigenvalue weighted by Gasteiger charge is -2.13. The van der Waals surface area contributed by atoms with Crippen LogP contribution in [0.2, 0.25) is 0 Å². The van der Waals surface area contributed by atoms with E-state index < -0.39 is 0 Å². The topological polar surface area (TPSA) is 98.5 Å². The summed E-state index contributed by atoms with van der Waals surface area (Å²) in [5.41, 5.74) is 4.32. The minimum Gasteiger partial charge on any atom is -0.494 e. The molecule has 4 aromatic rings. The second kappa shape index (κ2) is 10.6. The van der Waals surface area contributed by atoms with Crippen LogP contribution in [0.5, 0.6) is 5.75 Å². The Bertz CT molecular complexity index is 1340. The van der Waals surface area contributed by atoms with Gasteiger partial charge in [-0.3, -0.25) is 19.1 Å². The van der Waals surface area contributed by atoms with Gasteiger partial charge in [-0.25, -0.2) is 10.4 Å². The third kappa shape index (κ3) is 5.45. The number of hydrazone groups is 1. The number of pyridine rings is 1. The molecule has 1 amide bonds. The number of fused-ring (bicyclic) bond motifs is 1. The minimum absolute atomic E-state index is 0.0372. The van der Waals surface area contributed by atoms with Crippen molar-refractivity contribution in [3.8, 4) is 11.4 Å². The van der Waals surface area contributed by atoms with Crippen molar-refractivity contribution in [1.29, 1.82) is 0 Å². The Balaban J connectivity index is 1.58. The number of thioether (sulfide) groups is 1. The van der Waals surface area contributed by atoms with Crippen LogP contribution in [0.3, 0.4) is 0 Å². The van der Waals surface area contributed by atoms with Crippen molar-refractivity contribution in [2.45, 2.75) is 12.1 Å². The SMILES string of the molecule is CCOc1ccc(-n2c(SCC(=O)NN=Cc3ccncc3)nc3ccccc3c2=O)cc1. The fraction of sp³-hybridized carbons (Fsp3) is 0.125. The monoisotopic (exact) mass is 459 g/mol. The number of hydrogen-bond donors (Lipinski definition) is 1. The number of nitrogens with one attached hydrogen (secondary N) is 1. The summed E-state index contributed by atoms with van der Waals surface area (Å²) in [6, 6.07) is 17.9. The number of hydrogen-bond acceptors (Lipinski definition) is 7. The van der Waals surface area contributed by atoms with E-state index in [0.717, 1.165) is 17.3 Å². The summed E-state index contributed by atoms with van der Waals surface area (Å²) in [6.07, 6.45) is 4.82. The number of aromatic nitrogens is 3. The van der Waals surface area contributed by atoms with E-state index in [4.69, 9.17) is 4.74 Å². The van der Waals surface area contributed by atoms with E-state index in [1.54, 1.807) is 67.0 Å². The lowest BCUT2D eigenvalue weighted by molar-refractivity contribution is -0.118. The maximum absolute atomic E-state index is 13.3. The van der Waals surface area contributed by atoms with Crippen molar-refractivity contribution in [2.24, 2.45) is 5.10 Å². The van der Waals surface area contributed by atoms with E-state index in [0.29, 0.717) is 34.1 Å². The van der Waals surface area contributed by atoms with Crippen LogP contribution in [-0.2, 0) is 4.79 Å². The van der Waals surface area contributed by atoms with Gasteiger partial charge in [-0.05, 0) is 61.0 Å². The molecule has 166 valence electrons. The Labute approximate surface area is 194 Å². The van der Waals surface area contributed by atoms with E-state index in [9.17, 15) is 9.59 Å². The molecule has 2 aromatic heterocycles. The lowest BCUT2D eigenvalue weighted by atomic mass is 10.2. The van der Waals surface area contributed by atoms with Crippen LogP contribution < -0.4 is 15.7 Å². The molecule has 0 aliphatic carbocycles. The molecule has 0 unspecified atom stereocenters. The first kappa shape index (κ1) is 22.2. The van der Waals surface area contributed by atoms with Gasteiger partial charge < -0.3 is 4.74 Å². The molecule has 0 saturated heterocycles. The molecule has 0 spiro atoms. The number of para-hydroxylation sites is 1.